The molecule has 0 spiro atoms. The van der Waals surface area contributed by atoms with Crippen molar-refractivity contribution in [3.63, 3.8) is 0 Å². The van der Waals surface area contributed by atoms with E-state index in [-0.39, 0.29) is 5.91 Å². The number of carbonyl (C=O) groups is 1. The summed E-state index contributed by atoms with van der Waals surface area (Å²) in [5, 5.41) is 2.98. The molecule has 5 nitrogen and oxygen atoms in total. The number of benzene rings is 1. The van der Waals surface area contributed by atoms with Gasteiger partial charge in [-0.2, -0.15) is 0 Å². The van der Waals surface area contributed by atoms with Crippen LogP contribution in [-0.2, 0) is 17.8 Å². The van der Waals surface area contributed by atoms with E-state index in [9.17, 15) is 4.79 Å². The van der Waals surface area contributed by atoms with E-state index in [4.69, 9.17) is 9.15 Å². The van der Waals surface area contributed by atoms with Gasteiger partial charge in [-0.05, 0) is 40.9 Å². The second-order valence-corrected chi connectivity index (χ2v) is 7.09. The van der Waals surface area contributed by atoms with Gasteiger partial charge in [-0.1, -0.05) is 24.3 Å². The number of nitrogens with one attached hydrogen (secondary N) is 1. The lowest BCUT2D eigenvalue weighted by Gasteiger charge is -2.26. The summed E-state index contributed by atoms with van der Waals surface area (Å²) in [6.45, 7) is 8.58. The van der Waals surface area contributed by atoms with Crippen LogP contribution in [0.3, 0.4) is 0 Å². The summed E-state index contributed by atoms with van der Waals surface area (Å²) in [6.07, 6.45) is 0. The lowest BCUT2D eigenvalue weighted by Crippen LogP contribution is -2.35. The number of amides is 1. The highest BCUT2D eigenvalue weighted by Crippen LogP contribution is 2.27. The van der Waals surface area contributed by atoms with Gasteiger partial charge in [0, 0.05) is 26.2 Å². The molecule has 0 radical (unpaired) electrons. The van der Waals surface area contributed by atoms with Crippen molar-refractivity contribution in [2.75, 3.05) is 26.3 Å². The number of aryl methyl sites for hydroxylation is 2. The second-order valence-electron chi connectivity index (χ2n) is 6.29. The zero-order valence-corrected chi connectivity index (χ0v) is 16.2. The topological polar surface area (TPSA) is 54.7 Å². The number of ether oxygens (including phenoxy) is 1. The first-order valence-corrected chi connectivity index (χ1v) is 9.25. The van der Waals surface area contributed by atoms with Crippen LogP contribution in [0.4, 0.5) is 0 Å². The molecule has 2 aromatic rings. The smallest absolute Gasteiger partial charge is 0.256 e. The third kappa shape index (κ3) is 4.51. The average molecular weight is 407 g/mol. The molecule has 0 aliphatic carbocycles. The Morgan fingerprint density at radius 1 is 1.20 bits per heavy atom. The van der Waals surface area contributed by atoms with Crippen LogP contribution in [-0.4, -0.2) is 37.1 Å². The maximum Gasteiger partial charge on any atom is 0.256 e. The fourth-order valence-electron chi connectivity index (χ4n) is 3.04. The van der Waals surface area contributed by atoms with Gasteiger partial charge in [-0.25, -0.2) is 0 Å². The number of nitrogens with zero attached hydrogens (tertiary/aromatic N) is 1. The Kier molecular flexibility index (Phi) is 5.93. The SMILES string of the molecule is Cc1oc(C)c(C(=O)NCc2cccc(CN3CCOCC3)c2)c1Br. The van der Waals surface area contributed by atoms with Crippen molar-refractivity contribution in [2.24, 2.45) is 0 Å². The van der Waals surface area contributed by atoms with Crippen LogP contribution < -0.4 is 5.32 Å². The molecule has 1 N–H and O–H groups in total. The zero-order valence-electron chi connectivity index (χ0n) is 14.6. The number of carbonyl (C=O) groups excluding carboxylic acids is 1. The van der Waals surface area contributed by atoms with E-state index < -0.39 is 0 Å². The first kappa shape index (κ1) is 18.2. The van der Waals surface area contributed by atoms with E-state index in [2.05, 4.69) is 38.3 Å². The molecule has 1 aromatic heterocycles. The molecule has 0 bridgehead atoms. The first-order chi connectivity index (χ1) is 12.0. The van der Waals surface area contributed by atoms with Crippen LogP contribution in [0.15, 0.2) is 33.2 Å². The molecule has 0 unspecified atom stereocenters. The van der Waals surface area contributed by atoms with E-state index in [1.165, 1.54) is 5.56 Å². The number of hydrogen-bond acceptors (Lipinski definition) is 4. The van der Waals surface area contributed by atoms with Crippen molar-refractivity contribution in [1.29, 1.82) is 0 Å². The largest absolute Gasteiger partial charge is 0.465 e. The average Bonchev–Trinajstić information content (AvgIpc) is 2.86. The van der Waals surface area contributed by atoms with Gasteiger partial charge in [0.15, 0.2) is 0 Å². The van der Waals surface area contributed by atoms with Crippen LogP contribution in [0.25, 0.3) is 0 Å². The number of hydrogen-bond donors (Lipinski definition) is 1. The molecule has 1 saturated heterocycles. The Labute approximate surface area is 156 Å². The minimum Gasteiger partial charge on any atom is -0.465 e. The van der Waals surface area contributed by atoms with Crippen molar-refractivity contribution < 1.29 is 13.9 Å². The van der Waals surface area contributed by atoms with Gasteiger partial charge < -0.3 is 14.5 Å². The molecular formula is C19H23BrN2O3. The van der Waals surface area contributed by atoms with Crippen molar-refractivity contribution in [2.45, 2.75) is 26.9 Å². The lowest BCUT2D eigenvalue weighted by molar-refractivity contribution is 0.0342. The fourth-order valence-corrected chi connectivity index (χ4v) is 3.58. The Balaban J connectivity index is 1.61. The standard InChI is InChI=1S/C19H23BrN2O3/c1-13-17(18(20)14(2)25-13)19(23)21-11-15-4-3-5-16(10-15)12-22-6-8-24-9-7-22/h3-5,10H,6-9,11-12H2,1-2H3,(H,21,23). The zero-order chi connectivity index (χ0) is 17.8. The van der Waals surface area contributed by atoms with Crippen molar-refractivity contribution >= 4 is 21.8 Å². The molecule has 0 atom stereocenters. The van der Waals surface area contributed by atoms with E-state index in [0.29, 0.717) is 17.9 Å². The van der Waals surface area contributed by atoms with Gasteiger partial charge in [0.2, 0.25) is 0 Å². The third-order valence-corrected chi connectivity index (χ3v) is 5.32. The highest BCUT2D eigenvalue weighted by atomic mass is 79.9. The normalized spacial score (nSPS) is 15.3. The van der Waals surface area contributed by atoms with Gasteiger partial charge in [0.1, 0.15) is 11.5 Å². The molecule has 3 rings (SSSR count). The van der Waals surface area contributed by atoms with Crippen molar-refractivity contribution in [1.82, 2.24) is 10.2 Å². The van der Waals surface area contributed by atoms with Crippen LogP contribution in [0.2, 0.25) is 0 Å². The summed E-state index contributed by atoms with van der Waals surface area (Å²) >= 11 is 3.42. The van der Waals surface area contributed by atoms with Crippen LogP contribution >= 0.6 is 15.9 Å². The van der Waals surface area contributed by atoms with Gasteiger partial charge >= 0.3 is 0 Å². The molecule has 1 amide bonds. The molecular weight excluding hydrogens is 384 g/mol. The monoisotopic (exact) mass is 406 g/mol. The lowest BCUT2D eigenvalue weighted by atomic mass is 10.1. The fraction of sp³-hybridized carbons (Fsp3) is 0.421. The van der Waals surface area contributed by atoms with Crippen molar-refractivity contribution in [3.8, 4) is 0 Å². The number of rotatable bonds is 5. The third-order valence-electron chi connectivity index (χ3n) is 4.37. The van der Waals surface area contributed by atoms with Crippen molar-refractivity contribution in [3.05, 3.63) is 56.9 Å². The summed E-state index contributed by atoms with van der Waals surface area (Å²) < 4.78 is 11.6. The summed E-state index contributed by atoms with van der Waals surface area (Å²) in [6, 6.07) is 8.35. The van der Waals surface area contributed by atoms with Crippen LogP contribution in [0.1, 0.15) is 33.0 Å². The quantitative estimate of drug-likeness (QED) is 0.826. The summed E-state index contributed by atoms with van der Waals surface area (Å²) in [7, 11) is 0. The molecule has 134 valence electrons. The Hall–Kier alpha value is -1.63. The minimum absolute atomic E-state index is 0.125. The first-order valence-electron chi connectivity index (χ1n) is 8.46. The molecule has 1 aromatic carbocycles. The molecule has 25 heavy (non-hydrogen) atoms. The van der Waals surface area contributed by atoms with Gasteiger partial charge in [-0.3, -0.25) is 9.69 Å². The van der Waals surface area contributed by atoms with E-state index in [0.717, 1.165) is 48.6 Å². The molecule has 2 heterocycles. The van der Waals surface area contributed by atoms with Gasteiger partial charge in [0.05, 0.1) is 23.2 Å². The Bertz CT molecular complexity index is 751. The number of furan rings is 1. The number of halogens is 1. The maximum atomic E-state index is 12.5. The highest BCUT2D eigenvalue weighted by Gasteiger charge is 2.19. The summed E-state index contributed by atoms with van der Waals surface area (Å²) in [5.41, 5.74) is 2.92. The minimum atomic E-state index is -0.125. The van der Waals surface area contributed by atoms with E-state index >= 15 is 0 Å². The highest BCUT2D eigenvalue weighted by molar-refractivity contribution is 9.10. The predicted molar refractivity (Wildman–Crippen MR) is 99.6 cm³/mol. The molecule has 1 aliphatic heterocycles. The van der Waals surface area contributed by atoms with Crippen LogP contribution in [0.5, 0.6) is 0 Å². The van der Waals surface area contributed by atoms with Gasteiger partial charge in [-0.15, -0.1) is 0 Å². The summed E-state index contributed by atoms with van der Waals surface area (Å²) in [5.74, 6) is 1.22. The maximum absolute atomic E-state index is 12.5. The molecule has 6 heteroatoms. The molecule has 0 saturated carbocycles. The van der Waals surface area contributed by atoms with Crippen LogP contribution in [0, 0.1) is 13.8 Å². The molecule has 1 fully saturated rings. The second kappa shape index (κ2) is 8.17. The van der Waals surface area contributed by atoms with E-state index in [1.54, 1.807) is 6.92 Å². The van der Waals surface area contributed by atoms with E-state index in [1.807, 2.05) is 19.1 Å². The van der Waals surface area contributed by atoms with Gasteiger partial charge in [0.25, 0.3) is 5.91 Å². The predicted octanol–water partition coefficient (Wildman–Crippen LogP) is 3.42. The molecule has 1 aliphatic rings. The summed E-state index contributed by atoms with van der Waals surface area (Å²) in [4.78, 5) is 14.8. The number of morpholine rings is 1. The Morgan fingerprint density at radius 3 is 2.60 bits per heavy atom. The Morgan fingerprint density at radius 2 is 1.92 bits per heavy atom.